The summed E-state index contributed by atoms with van der Waals surface area (Å²) in [6.45, 7) is 6.05. The maximum Gasteiger partial charge on any atom is 0.282 e. The molecular formula is C17H21N3O4. The van der Waals surface area contributed by atoms with Crippen LogP contribution in [-0.2, 0) is 0 Å². The fraction of sp³-hybridized carbons (Fsp3) is 0.529. The topological polar surface area (TPSA) is 102 Å². The number of fused-ring (bicyclic) bond motifs is 1. The van der Waals surface area contributed by atoms with Crippen molar-refractivity contribution in [3.05, 3.63) is 45.2 Å². The second-order valence-electron chi connectivity index (χ2n) is 7.53. The second-order valence-corrected chi connectivity index (χ2v) is 7.53. The van der Waals surface area contributed by atoms with Crippen molar-refractivity contribution in [3.8, 4) is 0 Å². The van der Waals surface area contributed by atoms with Gasteiger partial charge in [0, 0.05) is 19.4 Å². The Hall–Kier alpha value is -2.44. The summed E-state index contributed by atoms with van der Waals surface area (Å²) in [7, 11) is 0. The van der Waals surface area contributed by atoms with E-state index >= 15 is 0 Å². The molecule has 0 saturated heterocycles. The van der Waals surface area contributed by atoms with Crippen LogP contribution in [0.3, 0.4) is 0 Å². The van der Waals surface area contributed by atoms with Crippen LogP contribution in [0.5, 0.6) is 0 Å². The number of nitrogens with zero attached hydrogens (tertiary/aromatic N) is 3. The molecule has 1 N–H and O–H groups in total. The number of nitro groups is 1. The third kappa shape index (κ3) is 2.35. The van der Waals surface area contributed by atoms with E-state index in [4.69, 9.17) is 0 Å². The molecule has 2 fully saturated rings. The van der Waals surface area contributed by atoms with Gasteiger partial charge in [-0.1, -0.05) is 31.1 Å². The van der Waals surface area contributed by atoms with Crippen molar-refractivity contribution >= 4 is 17.6 Å². The Morgan fingerprint density at radius 1 is 1.25 bits per heavy atom. The highest BCUT2D eigenvalue weighted by atomic mass is 16.6. The summed E-state index contributed by atoms with van der Waals surface area (Å²) >= 11 is 0. The Bertz CT molecular complexity index is 756. The zero-order valence-corrected chi connectivity index (χ0v) is 14.0. The van der Waals surface area contributed by atoms with Gasteiger partial charge in [0.25, 0.3) is 5.69 Å². The Kier molecular flexibility index (Phi) is 3.62. The van der Waals surface area contributed by atoms with E-state index in [0.717, 1.165) is 4.74 Å². The number of hydrogen-bond donors (Lipinski definition) is 1. The van der Waals surface area contributed by atoms with Crippen LogP contribution in [0.15, 0.2) is 29.4 Å². The lowest BCUT2D eigenvalue weighted by Crippen LogP contribution is -2.48. The molecule has 0 aliphatic heterocycles. The van der Waals surface area contributed by atoms with E-state index in [9.17, 15) is 20.5 Å². The number of para-hydroxylation sites is 1. The summed E-state index contributed by atoms with van der Waals surface area (Å²) in [5.41, 5.74) is -0.294. The zero-order chi connectivity index (χ0) is 17.7. The van der Waals surface area contributed by atoms with Crippen molar-refractivity contribution in [1.82, 2.24) is 0 Å². The van der Waals surface area contributed by atoms with E-state index in [0.29, 0.717) is 30.4 Å². The Morgan fingerprint density at radius 2 is 1.92 bits per heavy atom. The van der Waals surface area contributed by atoms with Gasteiger partial charge in [0.1, 0.15) is 11.3 Å². The molecule has 1 aromatic rings. The van der Waals surface area contributed by atoms with Crippen LogP contribution in [0.2, 0.25) is 0 Å². The van der Waals surface area contributed by atoms with E-state index in [1.807, 2.05) is 0 Å². The number of oxime groups is 1. The van der Waals surface area contributed by atoms with Gasteiger partial charge in [-0.15, -0.1) is 0 Å². The van der Waals surface area contributed by atoms with Crippen molar-refractivity contribution in [2.24, 2.45) is 22.4 Å². The van der Waals surface area contributed by atoms with Crippen LogP contribution in [0, 0.1) is 32.6 Å². The molecule has 2 saturated carbocycles. The highest BCUT2D eigenvalue weighted by Gasteiger charge is 2.66. The number of hydrogen-bond acceptors (Lipinski definition) is 5. The summed E-state index contributed by atoms with van der Waals surface area (Å²) in [5.74, 6) is 0.819. The molecule has 7 heteroatoms. The fourth-order valence-electron chi connectivity index (χ4n) is 4.04. The van der Waals surface area contributed by atoms with Gasteiger partial charge in [-0.25, -0.2) is 0 Å². The summed E-state index contributed by atoms with van der Waals surface area (Å²) in [6.07, 6.45) is 2.39. The van der Waals surface area contributed by atoms with Crippen LogP contribution in [0.25, 0.3) is 0 Å². The molecule has 3 atom stereocenters. The highest BCUT2D eigenvalue weighted by molar-refractivity contribution is 5.94. The lowest BCUT2D eigenvalue weighted by Gasteiger charge is -2.31. The van der Waals surface area contributed by atoms with Crippen molar-refractivity contribution in [1.29, 1.82) is 0 Å². The van der Waals surface area contributed by atoms with Gasteiger partial charge >= 0.3 is 0 Å². The molecule has 7 nitrogen and oxygen atoms in total. The predicted molar refractivity (Wildman–Crippen MR) is 89.5 cm³/mol. The first-order valence-electron chi connectivity index (χ1n) is 7.98. The van der Waals surface area contributed by atoms with E-state index in [-0.39, 0.29) is 16.7 Å². The van der Waals surface area contributed by atoms with Gasteiger partial charge in [0.2, 0.25) is 5.54 Å². The largest absolute Gasteiger partial charge is 0.623 e. The molecule has 2 aliphatic rings. The summed E-state index contributed by atoms with van der Waals surface area (Å²) in [6, 6.07) is 6.11. The van der Waals surface area contributed by atoms with Gasteiger partial charge in [0.15, 0.2) is 6.21 Å². The monoisotopic (exact) mass is 331 g/mol. The number of benzene rings is 1. The quantitative estimate of drug-likeness (QED) is 0.229. The maximum absolute atomic E-state index is 12.9. The summed E-state index contributed by atoms with van der Waals surface area (Å²) in [5, 5.41) is 36.8. The smallest absolute Gasteiger partial charge is 0.282 e. The molecule has 0 bridgehead atoms. The molecule has 24 heavy (non-hydrogen) atoms. The molecular weight excluding hydrogens is 310 g/mol. The normalized spacial score (nSPS) is 33.1. The van der Waals surface area contributed by atoms with Crippen molar-refractivity contribution in [2.45, 2.75) is 39.2 Å². The fourth-order valence-corrected chi connectivity index (χ4v) is 4.04. The van der Waals surface area contributed by atoms with Gasteiger partial charge in [-0.05, 0) is 29.7 Å². The molecule has 3 rings (SSSR count). The Labute approximate surface area is 140 Å². The number of rotatable bonds is 3. The van der Waals surface area contributed by atoms with Crippen LogP contribution in [-0.4, -0.2) is 32.3 Å². The first-order chi connectivity index (χ1) is 11.2. The molecule has 0 spiro atoms. The molecule has 0 radical (unpaired) electrons. The molecule has 128 valence electrons. The second kappa shape index (κ2) is 5.29. The molecule has 0 amide bonds. The predicted octanol–water partition coefficient (Wildman–Crippen LogP) is 3.18. The first kappa shape index (κ1) is 16.4. The van der Waals surface area contributed by atoms with E-state index in [1.54, 1.807) is 19.1 Å². The van der Waals surface area contributed by atoms with Gasteiger partial charge in [-0.3, -0.25) is 10.1 Å². The van der Waals surface area contributed by atoms with Crippen LogP contribution >= 0.6 is 0 Å². The van der Waals surface area contributed by atoms with E-state index < -0.39 is 10.5 Å². The number of hydroxylamine groups is 1. The minimum Gasteiger partial charge on any atom is -0.623 e. The van der Waals surface area contributed by atoms with Crippen LogP contribution in [0.4, 0.5) is 5.69 Å². The van der Waals surface area contributed by atoms with Crippen molar-refractivity contribution < 1.29 is 14.9 Å². The maximum atomic E-state index is 12.9. The number of nitro benzene ring substituents is 1. The van der Waals surface area contributed by atoms with Crippen LogP contribution in [0.1, 0.15) is 39.2 Å². The molecule has 0 heterocycles. The van der Waals surface area contributed by atoms with Gasteiger partial charge < -0.3 is 10.4 Å². The highest BCUT2D eigenvalue weighted by Crippen LogP contribution is 2.66. The summed E-state index contributed by atoms with van der Waals surface area (Å²) in [4.78, 5) is 10.6. The molecule has 2 aliphatic carbocycles. The zero-order valence-electron chi connectivity index (χ0n) is 14.0. The minimum atomic E-state index is -0.993. The standard InChI is InChI=1S/C17H21N3O4/c1-16(2)12-8-15(18-21)17(3,9-13(12)16)19(22)10-11-6-4-5-7-14(11)20(23)24/h4-7,10,12-13,21H,8-9H2,1-3H3/b18-15+,19-10-. The SMILES string of the molecule is CC1(C)C2C/C(=N\O)C(C)(/[N+]([O-])=C/c3ccccc3[N+](=O)[O-])CC21. The lowest BCUT2D eigenvalue weighted by molar-refractivity contribution is -0.521. The van der Waals surface area contributed by atoms with Crippen LogP contribution < -0.4 is 0 Å². The van der Waals surface area contributed by atoms with Gasteiger partial charge in [0.05, 0.1) is 4.92 Å². The van der Waals surface area contributed by atoms with E-state index in [1.165, 1.54) is 18.3 Å². The first-order valence-corrected chi connectivity index (χ1v) is 7.98. The molecule has 0 aromatic heterocycles. The van der Waals surface area contributed by atoms with Crippen molar-refractivity contribution in [3.63, 3.8) is 0 Å². The Morgan fingerprint density at radius 3 is 2.54 bits per heavy atom. The molecule has 1 aromatic carbocycles. The molecule has 3 unspecified atom stereocenters. The lowest BCUT2D eigenvalue weighted by atomic mass is 9.81. The average Bonchev–Trinajstić information content (AvgIpc) is 3.06. The Balaban J connectivity index is 1.99. The van der Waals surface area contributed by atoms with Crippen molar-refractivity contribution in [2.75, 3.05) is 0 Å². The third-order valence-corrected chi connectivity index (χ3v) is 5.94. The third-order valence-electron chi connectivity index (χ3n) is 5.94. The average molecular weight is 331 g/mol. The van der Waals surface area contributed by atoms with Gasteiger partial charge in [-0.2, -0.15) is 4.74 Å². The van der Waals surface area contributed by atoms with E-state index in [2.05, 4.69) is 19.0 Å². The summed E-state index contributed by atoms with van der Waals surface area (Å²) < 4.78 is 0.717. The minimum absolute atomic E-state index is 0.120.